The lowest BCUT2D eigenvalue weighted by Gasteiger charge is -2.40. The molecule has 2 aromatic heterocycles. The fourth-order valence-corrected chi connectivity index (χ4v) is 10.9. The molecule has 0 atom stereocenters. The molecule has 0 saturated carbocycles. The van der Waals surface area contributed by atoms with Gasteiger partial charge in [-0.25, -0.2) is 19.9 Å². The van der Waals surface area contributed by atoms with Gasteiger partial charge in [-0.3, -0.25) is 0 Å². The van der Waals surface area contributed by atoms with Crippen molar-refractivity contribution in [2.75, 3.05) is 0 Å². The predicted octanol–water partition coefficient (Wildman–Crippen LogP) is 14.4. The molecule has 0 N–H and O–H groups in total. The van der Waals surface area contributed by atoms with Crippen molar-refractivity contribution < 1.29 is 4.74 Å². The zero-order valence-corrected chi connectivity index (χ0v) is 35.8. The molecule has 3 aliphatic rings. The molecule has 5 heteroatoms. The Kier molecular flexibility index (Phi) is 8.10. The maximum absolute atomic E-state index is 6.78. The quantitative estimate of drug-likeness (QED) is 0.173. The van der Waals surface area contributed by atoms with E-state index in [0.717, 1.165) is 78.5 Å². The lowest BCUT2D eigenvalue weighted by Crippen LogP contribution is -2.32. The van der Waals surface area contributed by atoms with Crippen LogP contribution in [0.25, 0.3) is 78.9 Å². The van der Waals surface area contributed by atoms with E-state index in [1.807, 2.05) is 36.4 Å². The van der Waals surface area contributed by atoms with Crippen LogP contribution in [0.15, 0.2) is 206 Å². The highest BCUT2D eigenvalue weighted by Crippen LogP contribution is 2.64. The Morgan fingerprint density at radius 2 is 0.877 bits per heavy atom. The Bertz CT molecular complexity index is 3440. The third-order valence-electron chi connectivity index (χ3n) is 13.8. The highest BCUT2D eigenvalue weighted by molar-refractivity contribution is 5.96. The van der Waals surface area contributed by atoms with Crippen LogP contribution in [0.1, 0.15) is 47.2 Å². The molecule has 0 unspecified atom stereocenters. The molecule has 2 aliphatic carbocycles. The van der Waals surface area contributed by atoms with E-state index in [1.165, 1.54) is 27.8 Å². The van der Waals surface area contributed by atoms with Crippen molar-refractivity contribution in [2.24, 2.45) is 0 Å². The van der Waals surface area contributed by atoms with Gasteiger partial charge < -0.3 is 4.74 Å². The number of benzene rings is 8. The van der Waals surface area contributed by atoms with Crippen LogP contribution < -0.4 is 4.74 Å². The van der Waals surface area contributed by atoms with E-state index in [2.05, 4.69) is 184 Å². The summed E-state index contributed by atoms with van der Waals surface area (Å²) in [5.74, 6) is 3.49. The SMILES string of the molecule is CC1(C)c2ccccc2-c2c1cc(-c1ccc3c(c1)-c1cccc(-c4nc(-c5ccccc5)nc(-c5ccccc5)n4)c1C31c3ccccc3Oc3ccccc31)nc2-c1ccccc1. The molecule has 0 fully saturated rings. The molecule has 306 valence electrons. The number of para-hydroxylation sites is 2. The highest BCUT2D eigenvalue weighted by atomic mass is 16.5. The van der Waals surface area contributed by atoms with Gasteiger partial charge in [-0.15, -0.1) is 0 Å². The van der Waals surface area contributed by atoms with Gasteiger partial charge in [-0.1, -0.05) is 196 Å². The third kappa shape index (κ3) is 5.45. The van der Waals surface area contributed by atoms with E-state index < -0.39 is 5.41 Å². The van der Waals surface area contributed by atoms with Crippen molar-refractivity contribution >= 4 is 0 Å². The zero-order chi connectivity index (χ0) is 43.3. The van der Waals surface area contributed by atoms with Crippen molar-refractivity contribution in [3.8, 4) is 90.4 Å². The van der Waals surface area contributed by atoms with Crippen molar-refractivity contribution in [2.45, 2.75) is 24.7 Å². The number of rotatable bonds is 5. The van der Waals surface area contributed by atoms with Crippen LogP contribution in [-0.4, -0.2) is 19.9 Å². The van der Waals surface area contributed by atoms with Crippen molar-refractivity contribution in [3.63, 3.8) is 0 Å². The number of pyridine rings is 1. The molecule has 65 heavy (non-hydrogen) atoms. The molecule has 1 aliphatic heterocycles. The number of ether oxygens (including phenoxy) is 1. The molecule has 8 aromatic carbocycles. The summed E-state index contributed by atoms with van der Waals surface area (Å²) in [5.41, 5.74) is 17.6. The second kappa shape index (κ2) is 14.1. The van der Waals surface area contributed by atoms with Gasteiger partial charge >= 0.3 is 0 Å². The van der Waals surface area contributed by atoms with E-state index in [-0.39, 0.29) is 5.41 Å². The minimum absolute atomic E-state index is 0.216. The Labute approximate surface area is 377 Å². The lowest BCUT2D eigenvalue weighted by molar-refractivity contribution is 0.436. The average molecular weight is 833 g/mol. The van der Waals surface area contributed by atoms with E-state index in [0.29, 0.717) is 17.5 Å². The summed E-state index contributed by atoms with van der Waals surface area (Å²) in [6.45, 7) is 4.68. The number of hydrogen-bond acceptors (Lipinski definition) is 5. The smallest absolute Gasteiger partial charge is 0.164 e. The Morgan fingerprint density at radius 1 is 0.354 bits per heavy atom. The van der Waals surface area contributed by atoms with Gasteiger partial charge in [0.15, 0.2) is 17.5 Å². The normalized spacial score (nSPS) is 14.1. The molecule has 1 spiro atoms. The molecule has 0 bridgehead atoms. The maximum Gasteiger partial charge on any atom is 0.164 e. The van der Waals surface area contributed by atoms with Crippen LogP contribution in [0.2, 0.25) is 0 Å². The van der Waals surface area contributed by atoms with Gasteiger partial charge in [0.2, 0.25) is 0 Å². The molecule has 5 nitrogen and oxygen atoms in total. The molecule has 13 rings (SSSR count). The fraction of sp³-hybridized carbons (Fsp3) is 0.0667. The van der Waals surface area contributed by atoms with Gasteiger partial charge in [0.1, 0.15) is 11.5 Å². The van der Waals surface area contributed by atoms with Crippen LogP contribution in [0.3, 0.4) is 0 Å². The first-order valence-corrected chi connectivity index (χ1v) is 22.2. The van der Waals surface area contributed by atoms with Crippen molar-refractivity contribution in [1.82, 2.24) is 19.9 Å². The first kappa shape index (κ1) is 37.3. The molecule has 0 saturated heterocycles. The fourth-order valence-electron chi connectivity index (χ4n) is 10.9. The van der Waals surface area contributed by atoms with Crippen molar-refractivity contribution in [1.29, 1.82) is 0 Å². The Hall–Kier alpha value is -8.28. The Morgan fingerprint density at radius 3 is 1.52 bits per heavy atom. The standard InChI is InChI=1S/C60H40N4O/c1-59(2)45-28-13-12-25-42(45)53-49(59)36-50(61-55(53)37-19-6-3-7-20-37)40-33-34-46-44(35-40)41-26-18-27-43(54(41)60(46)47-29-14-16-31-51(47)65-52-32-17-15-30-48(52)60)58-63-56(38-21-8-4-9-22-38)62-57(64-58)39-23-10-5-11-24-39/h3-36H,1-2H3. The van der Waals surface area contributed by atoms with Gasteiger partial charge in [-0.05, 0) is 63.2 Å². The second-order valence-electron chi connectivity index (χ2n) is 17.7. The van der Waals surface area contributed by atoms with E-state index in [9.17, 15) is 0 Å². The van der Waals surface area contributed by atoms with Crippen LogP contribution in [0.5, 0.6) is 11.5 Å². The number of hydrogen-bond donors (Lipinski definition) is 0. The largest absolute Gasteiger partial charge is 0.457 e. The van der Waals surface area contributed by atoms with Crippen LogP contribution in [-0.2, 0) is 10.8 Å². The lowest BCUT2D eigenvalue weighted by atomic mass is 9.65. The summed E-state index contributed by atoms with van der Waals surface area (Å²) in [4.78, 5) is 21.4. The summed E-state index contributed by atoms with van der Waals surface area (Å²) < 4.78 is 6.78. The summed E-state index contributed by atoms with van der Waals surface area (Å²) >= 11 is 0. The number of fused-ring (bicyclic) bond motifs is 12. The predicted molar refractivity (Wildman–Crippen MR) is 260 cm³/mol. The van der Waals surface area contributed by atoms with Gasteiger partial charge in [-0.2, -0.15) is 0 Å². The number of nitrogens with zero attached hydrogens (tertiary/aromatic N) is 4. The summed E-state index contributed by atoms with van der Waals surface area (Å²) in [6, 6.07) is 72.7. The molecule has 0 amide bonds. The van der Waals surface area contributed by atoms with E-state index >= 15 is 0 Å². The molecule has 3 heterocycles. The third-order valence-corrected chi connectivity index (χ3v) is 13.8. The second-order valence-corrected chi connectivity index (χ2v) is 17.7. The minimum Gasteiger partial charge on any atom is -0.457 e. The van der Waals surface area contributed by atoms with E-state index in [1.54, 1.807) is 0 Å². The zero-order valence-electron chi connectivity index (χ0n) is 35.8. The molecular formula is C60H40N4O. The van der Waals surface area contributed by atoms with Crippen molar-refractivity contribution in [3.05, 3.63) is 240 Å². The van der Waals surface area contributed by atoms with Crippen LogP contribution in [0.4, 0.5) is 0 Å². The van der Waals surface area contributed by atoms with Crippen LogP contribution >= 0.6 is 0 Å². The minimum atomic E-state index is -0.776. The summed E-state index contributed by atoms with van der Waals surface area (Å²) in [6.07, 6.45) is 0. The average Bonchev–Trinajstić information content (AvgIpc) is 3.79. The topological polar surface area (TPSA) is 60.8 Å². The van der Waals surface area contributed by atoms with Gasteiger partial charge in [0.05, 0.1) is 16.8 Å². The van der Waals surface area contributed by atoms with Crippen LogP contribution in [0, 0.1) is 0 Å². The summed E-state index contributed by atoms with van der Waals surface area (Å²) in [7, 11) is 0. The van der Waals surface area contributed by atoms with Gasteiger partial charge in [0.25, 0.3) is 0 Å². The number of aromatic nitrogens is 4. The molecular weight excluding hydrogens is 793 g/mol. The van der Waals surface area contributed by atoms with E-state index in [4.69, 9.17) is 24.7 Å². The Balaban J connectivity index is 1.10. The molecule has 0 radical (unpaired) electrons. The first-order chi connectivity index (χ1) is 32.0. The first-order valence-electron chi connectivity index (χ1n) is 22.2. The summed E-state index contributed by atoms with van der Waals surface area (Å²) in [5, 5.41) is 0. The maximum atomic E-state index is 6.78. The molecule has 10 aromatic rings. The highest BCUT2D eigenvalue weighted by Gasteiger charge is 2.53. The van der Waals surface area contributed by atoms with Gasteiger partial charge in [0, 0.05) is 49.9 Å². The monoisotopic (exact) mass is 832 g/mol.